The molecular formula is C17H26ClNO. The zero-order valence-corrected chi connectivity index (χ0v) is 13.1. The minimum absolute atomic E-state index is 0.247. The van der Waals surface area contributed by atoms with Crippen LogP contribution in [0, 0.1) is 0 Å². The van der Waals surface area contributed by atoms with Crippen molar-refractivity contribution in [2.24, 2.45) is 0 Å². The number of aliphatic hydroxyl groups is 1. The van der Waals surface area contributed by atoms with Crippen molar-refractivity contribution < 1.29 is 5.11 Å². The Morgan fingerprint density at radius 1 is 1.15 bits per heavy atom. The first-order chi connectivity index (χ1) is 9.72. The first-order valence-corrected chi connectivity index (χ1v) is 8.27. The highest BCUT2D eigenvalue weighted by molar-refractivity contribution is 6.30. The van der Waals surface area contributed by atoms with E-state index in [1.54, 1.807) is 0 Å². The molecule has 112 valence electrons. The molecule has 1 heterocycles. The maximum absolute atomic E-state index is 10.8. The molecule has 0 saturated carbocycles. The molecule has 1 aliphatic heterocycles. The van der Waals surface area contributed by atoms with Gasteiger partial charge in [-0.25, -0.2) is 0 Å². The summed E-state index contributed by atoms with van der Waals surface area (Å²) < 4.78 is 0. The fraction of sp³-hybridized carbons (Fsp3) is 0.647. The van der Waals surface area contributed by atoms with Gasteiger partial charge in [-0.15, -0.1) is 0 Å². The van der Waals surface area contributed by atoms with Gasteiger partial charge in [-0.2, -0.15) is 0 Å². The van der Waals surface area contributed by atoms with Crippen LogP contribution in [0.4, 0.5) is 0 Å². The molecule has 20 heavy (non-hydrogen) atoms. The van der Waals surface area contributed by atoms with Gasteiger partial charge in [0.15, 0.2) is 0 Å². The van der Waals surface area contributed by atoms with Gasteiger partial charge in [0.2, 0.25) is 0 Å². The first kappa shape index (κ1) is 15.8. The number of likely N-dealkylation sites (tertiary alicyclic amines) is 1. The van der Waals surface area contributed by atoms with Gasteiger partial charge in [0.25, 0.3) is 0 Å². The Kier molecular flexibility index (Phi) is 6.34. The van der Waals surface area contributed by atoms with Crippen molar-refractivity contribution in [1.29, 1.82) is 0 Å². The number of piperidine rings is 1. The second-order valence-corrected chi connectivity index (χ2v) is 6.24. The van der Waals surface area contributed by atoms with Crippen LogP contribution in [-0.2, 0) is 0 Å². The van der Waals surface area contributed by atoms with E-state index in [0.29, 0.717) is 0 Å². The van der Waals surface area contributed by atoms with E-state index in [-0.39, 0.29) is 6.04 Å². The molecule has 1 aliphatic rings. The molecule has 0 aliphatic carbocycles. The standard InChI is InChI=1S/C17H26ClNO/c1-2-3-7-16(19-12-5-4-6-13-19)17(20)14-8-10-15(18)11-9-14/h8-11,16-17,20H,2-7,12-13H2,1H3. The molecule has 2 unspecified atom stereocenters. The summed E-state index contributed by atoms with van der Waals surface area (Å²) >= 11 is 5.94. The monoisotopic (exact) mass is 295 g/mol. The predicted molar refractivity (Wildman–Crippen MR) is 85.1 cm³/mol. The number of rotatable bonds is 6. The van der Waals surface area contributed by atoms with E-state index in [9.17, 15) is 5.11 Å². The Labute approximate surface area is 127 Å². The molecule has 0 amide bonds. The van der Waals surface area contributed by atoms with Gasteiger partial charge in [0.05, 0.1) is 6.10 Å². The molecule has 0 bridgehead atoms. The Hall–Kier alpha value is -0.570. The molecule has 0 aromatic heterocycles. The summed E-state index contributed by atoms with van der Waals surface area (Å²) in [6.45, 7) is 4.46. The van der Waals surface area contributed by atoms with Crippen molar-refractivity contribution >= 4 is 11.6 Å². The SMILES string of the molecule is CCCCC(C(O)c1ccc(Cl)cc1)N1CCCCC1. The molecule has 1 fully saturated rings. The highest BCUT2D eigenvalue weighted by atomic mass is 35.5. The average Bonchev–Trinajstić information content (AvgIpc) is 2.49. The van der Waals surface area contributed by atoms with E-state index in [2.05, 4.69) is 11.8 Å². The fourth-order valence-corrected chi connectivity index (χ4v) is 3.21. The number of aliphatic hydroxyl groups excluding tert-OH is 1. The number of benzene rings is 1. The van der Waals surface area contributed by atoms with Crippen molar-refractivity contribution in [3.05, 3.63) is 34.9 Å². The summed E-state index contributed by atoms with van der Waals surface area (Å²) in [5.41, 5.74) is 0.987. The fourth-order valence-electron chi connectivity index (χ4n) is 3.09. The lowest BCUT2D eigenvalue weighted by molar-refractivity contribution is 0.0314. The van der Waals surface area contributed by atoms with Gasteiger partial charge >= 0.3 is 0 Å². The van der Waals surface area contributed by atoms with Crippen LogP contribution in [0.15, 0.2) is 24.3 Å². The van der Waals surface area contributed by atoms with Crippen LogP contribution >= 0.6 is 11.6 Å². The molecule has 3 heteroatoms. The van der Waals surface area contributed by atoms with Gasteiger partial charge in [0, 0.05) is 11.1 Å². The van der Waals surface area contributed by atoms with Gasteiger partial charge in [0.1, 0.15) is 0 Å². The third-order valence-electron chi connectivity index (χ3n) is 4.29. The van der Waals surface area contributed by atoms with Gasteiger partial charge in [-0.05, 0) is 50.0 Å². The van der Waals surface area contributed by atoms with Crippen molar-refractivity contribution in [3.8, 4) is 0 Å². The summed E-state index contributed by atoms with van der Waals surface area (Å²) in [6.07, 6.45) is 6.86. The average molecular weight is 296 g/mol. The molecular weight excluding hydrogens is 270 g/mol. The molecule has 0 radical (unpaired) electrons. The molecule has 0 spiro atoms. The number of hydrogen-bond acceptors (Lipinski definition) is 2. The number of hydrogen-bond donors (Lipinski definition) is 1. The number of halogens is 1. The van der Waals surface area contributed by atoms with Crippen LogP contribution in [0.25, 0.3) is 0 Å². The van der Waals surface area contributed by atoms with E-state index in [4.69, 9.17) is 11.6 Å². The number of unbranched alkanes of at least 4 members (excludes halogenated alkanes) is 1. The van der Waals surface area contributed by atoms with Crippen LogP contribution in [0.5, 0.6) is 0 Å². The normalized spacial score (nSPS) is 19.8. The van der Waals surface area contributed by atoms with Crippen LogP contribution < -0.4 is 0 Å². The number of nitrogens with zero attached hydrogens (tertiary/aromatic N) is 1. The topological polar surface area (TPSA) is 23.5 Å². The minimum Gasteiger partial charge on any atom is -0.387 e. The molecule has 2 rings (SSSR count). The molecule has 1 aromatic rings. The molecule has 1 N–H and O–H groups in total. The smallest absolute Gasteiger partial charge is 0.0945 e. The lowest BCUT2D eigenvalue weighted by Gasteiger charge is -2.37. The predicted octanol–water partition coefficient (Wildman–Crippen LogP) is 4.42. The van der Waals surface area contributed by atoms with Gasteiger partial charge in [-0.1, -0.05) is 49.9 Å². The maximum atomic E-state index is 10.8. The van der Waals surface area contributed by atoms with Crippen LogP contribution in [0.3, 0.4) is 0 Å². The van der Waals surface area contributed by atoms with E-state index >= 15 is 0 Å². The lowest BCUT2D eigenvalue weighted by Crippen LogP contribution is -2.42. The Morgan fingerprint density at radius 2 is 1.80 bits per heavy atom. The second kappa shape index (κ2) is 8.02. The summed E-state index contributed by atoms with van der Waals surface area (Å²) in [5.74, 6) is 0. The van der Waals surface area contributed by atoms with E-state index < -0.39 is 6.10 Å². The largest absolute Gasteiger partial charge is 0.387 e. The van der Waals surface area contributed by atoms with Crippen LogP contribution in [0.1, 0.15) is 57.1 Å². The van der Waals surface area contributed by atoms with Crippen molar-refractivity contribution in [1.82, 2.24) is 4.90 Å². The molecule has 2 nitrogen and oxygen atoms in total. The van der Waals surface area contributed by atoms with Gasteiger partial charge in [-0.3, -0.25) is 4.90 Å². The second-order valence-electron chi connectivity index (χ2n) is 5.80. The third kappa shape index (κ3) is 4.21. The van der Waals surface area contributed by atoms with Crippen molar-refractivity contribution in [3.63, 3.8) is 0 Å². The Morgan fingerprint density at radius 3 is 2.40 bits per heavy atom. The van der Waals surface area contributed by atoms with E-state index in [1.165, 1.54) is 32.1 Å². The zero-order chi connectivity index (χ0) is 14.4. The summed E-state index contributed by atoms with van der Waals surface area (Å²) in [6, 6.07) is 7.89. The summed E-state index contributed by atoms with van der Waals surface area (Å²) in [5, 5.41) is 11.5. The zero-order valence-electron chi connectivity index (χ0n) is 12.4. The van der Waals surface area contributed by atoms with Crippen LogP contribution in [-0.4, -0.2) is 29.1 Å². The molecule has 1 aromatic carbocycles. The quantitative estimate of drug-likeness (QED) is 0.840. The lowest BCUT2D eigenvalue weighted by atomic mass is 9.94. The van der Waals surface area contributed by atoms with Crippen LogP contribution in [0.2, 0.25) is 5.02 Å². The van der Waals surface area contributed by atoms with Gasteiger partial charge < -0.3 is 5.11 Å². The summed E-state index contributed by atoms with van der Waals surface area (Å²) in [4.78, 5) is 2.48. The minimum atomic E-state index is -0.406. The van der Waals surface area contributed by atoms with E-state index in [1.807, 2.05) is 24.3 Å². The van der Waals surface area contributed by atoms with Crippen molar-refractivity contribution in [2.45, 2.75) is 57.6 Å². The molecule has 2 atom stereocenters. The Balaban J connectivity index is 2.09. The third-order valence-corrected chi connectivity index (χ3v) is 4.54. The summed E-state index contributed by atoms with van der Waals surface area (Å²) in [7, 11) is 0. The Bertz CT molecular complexity index is 386. The molecule has 1 saturated heterocycles. The maximum Gasteiger partial charge on any atom is 0.0945 e. The first-order valence-electron chi connectivity index (χ1n) is 7.90. The van der Waals surface area contributed by atoms with E-state index in [0.717, 1.165) is 30.1 Å². The highest BCUT2D eigenvalue weighted by Gasteiger charge is 2.27. The highest BCUT2D eigenvalue weighted by Crippen LogP contribution is 2.28. The van der Waals surface area contributed by atoms with Crippen molar-refractivity contribution in [2.75, 3.05) is 13.1 Å².